The van der Waals surface area contributed by atoms with Crippen molar-refractivity contribution in [1.29, 1.82) is 0 Å². The van der Waals surface area contributed by atoms with E-state index in [2.05, 4.69) is 41.5 Å². The quantitative estimate of drug-likeness (QED) is 0.557. The molecule has 4 nitrogen and oxygen atoms in total. The Bertz CT molecular complexity index is 698. The maximum Gasteiger partial charge on any atom is 0.344 e. The van der Waals surface area contributed by atoms with Crippen molar-refractivity contribution in [1.82, 2.24) is 0 Å². The number of carbonyl (C=O) groups is 2. The summed E-state index contributed by atoms with van der Waals surface area (Å²) in [6, 6.07) is 0. The van der Waals surface area contributed by atoms with Gasteiger partial charge in [0, 0.05) is 0 Å². The number of carbonyl (C=O) groups excluding carboxylic acids is 2. The van der Waals surface area contributed by atoms with Gasteiger partial charge in [0.25, 0.3) is 0 Å². The molecule has 1 spiro atoms. The average Bonchev–Trinajstić information content (AvgIpc) is 2.81. The zero-order valence-electron chi connectivity index (χ0n) is 19.5. The molecule has 0 N–H and O–H groups in total. The first-order valence-electron chi connectivity index (χ1n) is 11.7. The van der Waals surface area contributed by atoms with Gasteiger partial charge < -0.3 is 9.47 Å². The first-order valence-corrected chi connectivity index (χ1v) is 11.7. The zero-order valence-corrected chi connectivity index (χ0v) is 19.5. The molecule has 0 aromatic rings. The van der Waals surface area contributed by atoms with Crippen LogP contribution in [0, 0.1) is 45.8 Å². The van der Waals surface area contributed by atoms with Crippen LogP contribution in [0.1, 0.15) is 87.0 Å². The minimum absolute atomic E-state index is 0.244. The normalized spacial score (nSPS) is 41.7. The minimum atomic E-state index is -0.631. The molecular weight excluding hydrogens is 364 g/mol. The van der Waals surface area contributed by atoms with Crippen molar-refractivity contribution in [2.75, 3.05) is 6.61 Å². The molecule has 0 aromatic carbocycles. The van der Waals surface area contributed by atoms with E-state index in [0.717, 1.165) is 18.3 Å². The van der Waals surface area contributed by atoms with Gasteiger partial charge in [-0.05, 0) is 92.8 Å². The highest BCUT2D eigenvalue weighted by Crippen LogP contribution is 2.77. The SMILES string of the molecule is CC(C)CC(C)(C(=O)OCC(=O)OC1(C)C2CC3CC4(CC1C4)C3C2)C(C)(C)C. The van der Waals surface area contributed by atoms with E-state index in [-0.39, 0.29) is 29.6 Å². The molecule has 0 amide bonds. The molecule has 0 aromatic heterocycles. The third kappa shape index (κ3) is 3.07. The van der Waals surface area contributed by atoms with Crippen molar-refractivity contribution < 1.29 is 19.1 Å². The second-order valence-electron chi connectivity index (χ2n) is 12.6. The third-order valence-electron chi connectivity index (χ3n) is 9.65. The summed E-state index contributed by atoms with van der Waals surface area (Å²) in [5, 5.41) is 0. The molecule has 0 aliphatic heterocycles. The first kappa shape index (κ1) is 21.2. The summed E-state index contributed by atoms with van der Waals surface area (Å²) in [5.41, 5.74) is -0.659. The smallest absolute Gasteiger partial charge is 0.344 e. The predicted molar refractivity (Wildman–Crippen MR) is 112 cm³/mol. The first-order chi connectivity index (χ1) is 13.3. The fourth-order valence-electron chi connectivity index (χ4n) is 7.45. The Morgan fingerprint density at radius 2 is 1.69 bits per heavy atom. The highest BCUT2D eigenvalue weighted by molar-refractivity contribution is 5.81. The summed E-state index contributed by atoms with van der Waals surface area (Å²) in [6.45, 7) is 14.3. The van der Waals surface area contributed by atoms with E-state index in [4.69, 9.17) is 9.47 Å². The Labute approximate surface area is 176 Å². The van der Waals surface area contributed by atoms with Gasteiger partial charge in [0.1, 0.15) is 5.60 Å². The zero-order chi connectivity index (χ0) is 21.4. The van der Waals surface area contributed by atoms with Crippen LogP contribution in [0.3, 0.4) is 0 Å². The fourth-order valence-corrected chi connectivity index (χ4v) is 7.45. The van der Waals surface area contributed by atoms with E-state index in [1.807, 2.05) is 6.92 Å². The van der Waals surface area contributed by atoms with Gasteiger partial charge >= 0.3 is 11.9 Å². The van der Waals surface area contributed by atoms with Crippen LogP contribution in [-0.4, -0.2) is 24.1 Å². The molecule has 0 radical (unpaired) electrons. The van der Waals surface area contributed by atoms with E-state index < -0.39 is 5.41 Å². The number of hydrogen-bond acceptors (Lipinski definition) is 4. The van der Waals surface area contributed by atoms with Gasteiger partial charge in [0.15, 0.2) is 6.61 Å². The molecule has 5 rings (SSSR count). The maximum atomic E-state index is 13.0. The lowest BCUT2D eigenvalue weighted by Crippen LogP contribution is -2.60. The molecule has 5 aliphatic carbocycles. The number of ether oxygens (including phenoxy) is 2. The van der Waals surface area contributed by atoms with E-state index >= 15 is 0 Å². The lowest BCUT2D eigenvalue weighted by atomic mass is 9.41. The Kier molecular flexibility index (Phi) is 4.72. The fraction of sp³-hybridized carbons (Fsp3) is 0.920. The third-order valence-corrected chi connectivity index (χ3v) is 9.65. The van der Waals surface area contributed by atoms with Gasteiger partial charge in [-0.3, -0.25) is 4.79 Å². The van der Waals surface area contributed by atoms with Gasteiger partial charge in [-0.15, -0.1) is 0 Å². The van der Waals surface area contributed by atoms with Crippen LogP contribution in [0.25, 0.3) is 0 Å². The lowest BCUT2D eigenvalue weighted by Gasteiger charge is -2.64. The Morgan fingerprint density at radius 3 is 2.28 bits per heavy atom. The van der Waals surface area contributed by atoms with Crippen molar-refractivity contribution in [3.05, 3.63) is 0 Å². The molecule has 5 fully saturated rings. The van der Waals surface area contributed by atoms with Crippen molar-refractivity contribution in [2.45, 2.75) is 92.6 Å². The van der Waals surface area contributed by atoms with Crippen LogP contribution < -0.4 is 0 Å². The Morgan fingerprint density at radius 1 is 1.03 bits per heavy atom. The molecule has 4 heteroatoms. The molecule has 0 heterocycles. The highest BCUT2D eigenvalue weighted by Gasteiger charge is 2.72. The maximum absolute atomic E-state index is 13.0. The minimum Gasteiger partial charge on any atom is -0.456 e. The molecule has 164 valence electrons. The predicted octanol–water partition coefficient (Wildman–Crippen LogP) is 5.39. The summed E-state index contributed by atoms with van der Waals surface area (Å²) in [4.78, 5) is 25.8. The summed E-state index contributed by atoms with van der Waals surface area (Å²) in [5.74, 6) is 2.42. The number of esters is 2. The topological polar surface area (TPSA) is 52.6 Å². The van der Waals surface area contributed by atoms with E-state index in [1.165, 1.54) is 32.1 Å². The monoisotopic (exact) mass is 404 g/mol. The van der Waals surface area contributed by atoms with Crippen LogP contribution in [0.15, 0.2) is 0 Å². The van der Waals surface area contributed by atoms with Gasteiger partial charge in [-0.25, -0.2) is 4.79 Å². The Hall–Kier alpha value is -1.06. The lowest BCUT2D eigenvalue weighted by molar-refractivity contribution is -0.212. The van der Waals surface area contributed by atoms with Gasteiger partial charge in [-0.1, -0.05) is 34.6 Å². The molecule has 29 heavy (non-hydrogen) atoms. The summed E-state index contributed by atoms with van der Waals surface area (Å²) in [7, 11) is 0. The van der Waals surface area contributed by atoms with E-state index in [9.17, 15) is 9.59 Å². The van der Waals surface area contributed by atoms with Crippen LogP contribution in [0.4, 0.5) is 0 Å². The number of rotatable bonds is 6. The van der Waals surface area contributed by atoms with Crippen LogP contribution >= 0.6 is 0 Å². The van der Waals surface area contributed by atoms with Crippen LogP contribution in [-0.2, 0) is 19.1 Å². The van der Waals surface area contributed by atoms with Crippen LogP contribution in [0.2, 0.25) is 0 Å². The van der Waals surface area contributed by atoms with Gasteiger partial charge in [0.2, 0.25) is 0 Å². The van der Waals surface area contributed by atoms with Crippen molar-refractivity contribution in [3.8, 4) is 0 Å². The highest BCUT2D eigenvalue weighted by atomic mass is 16.6. The standard InChI is InChI=1S/C25H40O4/c1-15(2)10-23(6,22(3,4)5)21(27)28-14-20(26)29-24(7)17-8-16-11-25(19(16)9-17)12-18(24)13-25/h15-19H,8-14H2,1-7H3. The average molecular weight is 405 g/mol. The Balaban J connectivity index is 1.38. The van der Waals surface area contributed by atoms with Crippen molar-refractivity contribution in [3.63, 3.8) is 0 Å². The van der Waals surface area contributed by atoms with Gasteiger partial charge in [-0.2, -0.15) is 0 Å². The molecule has 5 aliphatic rings. The van der Waals surface area contributed by atoms with Crippen LogP contribution in [0.5, 0.6) is 0 Å². The number of hydrogen-bond donors (Lipinski definition) is 0. The van der Waals surface area contributed by atoms with E-state index in [1.54, 1.807) is 0 Å². The van der Waals surface area contributed by atoms with E-state index in [0.29, 0.717) is 23.2 Å². The van der Waals surface area contributed by atoms with Crippen molar-refractivity contribution in [2.24, 2.45) is 45.8 Å². The van der Waals surface area contributed by atoms with Crippen molar-refractivity contribution >= 4 is 11.9 Å². The second-order valence-corrected chi connectivity index (χ2v) is 12.6. The molecule has 5 atom stereocenters. The molecule has 5 saturated carbocycles. The van der Waals surface area contributed by atoms with Gasteiger partial charge in [0.05, 0.1) is 5.41 Å². The molecule has 4 bridgehead atoms. The largest absolute Gasteiger partial charge is 0.456 e. The summed E-state index contributed by atoms with van der Waals surface area (Å²) < 4.78 is 11.7. The summed E-state index contributed by atoms with van der Waals surface area (Å²) in [6.07, 6.45) is 7.03. The summed E-state index contributed by atoms with van der Waals surface area (Å²) >= 11 is 0. The molecule has 5 unspecified atom stereocenters. The molecule has 0 saturated heterocycles. The second kappa shape index (κ2) is 6.47. The molecular formula is C25H40O4.